The zero-order chi connectivity index (χ0) is 14.1. The molecule has 0 fully saturated rings. The van der Waals surface area contributed by atoms with Gasteiger partial charge in [0.15, 0.2) is 5.82 Å². The lowest BCUT2D eigenvalue weighted by Crippen LogP contribution is -2.01. The van der Waals surface area contributed by atoms with Crippen molar-refractivity contribution in [1.29, 1.82) is 0 Å². The fourth-order valence-electron chi connectivity index (χ4n) is 2.45. The molecule has 1 aromatic carbocycles. The molecule has 1 aliphatic carbocycles. The van der Waals surface area contributed by atoms with E-state index in [0.717, 1.165) is 28.6 Å². The van der Waals surface area contributed by atoms with Crippen LogP contribution in [0.25, 0.3) is 16.5 Å². The number of rotatable bonds is 1. The summed E-state index contributed by atoms with van der Waals surface area (Å²) in [4.78, 5) is 9.16. The summed E-state index contributed by atoms with van der Waals surface area (Å²) in [6.07, 6.45) is 6.53. The Morgan fingerprint density at radius 1 is 1.10 bits per heavy atom. The van der Waals surface area contributed by atoms with Crippen molar-refractivity contribution >= 4 is 16.5 Å². The predicted molar refractivity (Wildman–Crippen MR) is 81.3 cm³/mol. The second kappa shape index (κ2) is 4.93. The third-order valence-electron chi connectivity index (χ3n) is 3.50. The van der Waals surface area contributed by atoms with Gasteiger partial charge in [0.2, 0.25) is 0 Å². The van der Waals surface area contributed by atoms with E-state index >= 15 is 0 Å². The first-order valence-electron chi connectivity index (χ1n) is 6.67. The number of hydrogen-bond acceptors (Lipinski definition) is 3. The maximum atomic E-state index is 10.2. The highest BCUT2D eigenvalue weighted by atomic mass is 16.3. The largest absolute Gasteiger partial charge is 0.507 e. The topological polar surface area (TPSA) is 46.0 Å². The van der Waals surface area contributed by atoms with Crippen LogP contribution in [0.5, 0.6) is 0 Å². The maximum Gasteiger partial charge on any atom is 0.164 e. The molecule has 0 unspecified atom stereocenters. The average Bonchev–Trinajstić information content (AvgIpc) is 2.60. The summed E-state index contributed by atoms with van der Waals surface area (Å²) in [6, 6.07) is 7.92. The van der Waals surface area contributed by atoms with Gasteiger partial charge in [-0.2, -0.15) is 0 Å². The second-order valence-corrected chi connectivity index (χ2v) is 4.94. The summed E-state index contributed by atoms with van der Waals surface area (Å²) in [5, 5.41) is 11.3. The Balaban J connectivity index is 2.27. The number of aliphatic hydroxyl groups is 1. The number of aromatic nitrogens is 2. The van der Waals surface area contributed by atoms with E-state index in [1.165, 1.54) is 0 Å². The molecule has 0 atom stereocenters. The van der Waals surface area contributed by atoms with Crippen molar-refractivity contribution in [3.05, 3.63) is 65.3 Å². The Bertz CT molecular complexity index is 770. The second-order valence-electron chi connectivity index (χ2n) is 4.94. The number of allylic oxidation sites excluding steroid dienone is 5. The summed E-state index contributed by atoms with van der Waals surface area (Å²) in [5.41, 5.74) is 3.54. The normalized spacial score (nSPS) is 15.4. The molecule has 1 heterocycles. The molecular formula is C17H16N2O. The van der Waals surface area contributed by atoms with Crippen LogP contribution in [0.4, 0.5) is 0 Å². The highest BCUT2D eigenvalue weighted by Gasteiger charge is 2.15. The SMILES string of the molecule is CC1=CCC=CC(O)=C1c1nc(C)c2ccccc2n1. The van der Waals surface area contributed by atoms with E-state index in [1.807, 2.05) is 44.2 Å². The van der Waals surface area contributed by atoms with Crippen LogP contribution in [-0.2, 0) is 0 Å². The molecule has 100 valence electrons. The molecule has 0 amide bonds. The molecule has 3 heteroatoms. The van der Waals surface area contributed by atoms with Gasteiger partial charge in [-0.05, 0) is 38.0 Å². The number of nitrogens with zero attached hydrogens (tertiary/aromatic N) is 2. The van der Waals surface area contributed by atoms with Crippen molar-refractivity contribution in [2.24, 2.45) is 0 Å². The van der Waals surface area contributed by atoms with E-state index in [-0.39, 0.29) is 5.76 Å². The maximum absolute atomic E-state index is 10.2. The van der Waals surface area contributed by atoms with Gasteiger partial charge in [-0.15, -0.1) is 0 Å². The zero-order valence-electron chi connectivity index (χ0n) is 11.6. The van der Waals surface area contributed by atoms with Crippen LogP contribution in [0.1, 0.15) is 24.9 Å². The van der Waals surface area contributed by atoms with Crippen LogP contribution in [0.15, 0.2) is 53.8 Å². The third kappa shape index (κ3) is 2.11. The Morgan fingerprint density at radius 2 is 1.90 bits per heavy atom. The first kappa shape index (κ1) is 12.6. The molecule has 0 spiro atoms. The standard InChI is InChI=1S/C17H16N2O/c1-11-7-3-6-10-15(20)16(11)17-18-12(2)13-8-4-5-9-14(13)19-17/h4-10,20H,3H2,1-2H3. The first-order chi connectivity index (χ1) is 9.66. The summed E-state index contributed by atoms with van der Waals surface area (Å²) >= 11 is 0. The van der Waals surface area contributed by atoms with Gasteiger partial charge in [0.1, 0.15) is 5.76 Å². The van der Waals surface area contributed by atoms with Crippen LogP contribution in [0.3, 0.4) is 0 Å². The number of fused-ring (bicyclic) bond motifs is 1. The smallest absolute Gasteiger partial charge is 0.164 e. The van der Waals surface area contributed by atoms with Gasteiger partial charge in [-0.1, -0.05) is 30.4 Å². The van der Waals surface area contributed by atoms with Crippen molar-refractivity contribution in [2.45, 2.75) is 20.3 Å². The van der Waals surface area contributed by atoms with Crippen LogP contribution in [0.2, 0.25) is 0 Å². The molecule has 3 nitrogen and oxygen atoms in total. The van der Waals surface area contributed by atoms with Crippen molar-refractivity contribution in [3.63, 3.8) is 0 Å². The number of aliphatic hydroxyl groups excluding tert-OH is 1. The molecule has 3 rings (SSSR count). The molecule has 1 aliphatic rings. The van der Waals surface area contributed by atoms with Gasteiger partial charge in [0.05, 0.1) is 11.1 Å². The van der Waals surface area contributed by atoms with Crippen molar-refractivity contribution < 1.29 is 5.11 Å². The average molecular weight is 264 g/mol. The number of hydrogen-bond donors (Lipinski definition) is 1. The van der Waals surface area contributed by atoms with Gasteiger partial charge in [-0.3, -0.25) is 0 Å². The molecule has 0 bridgehead atoms. The molecular weight excluding hydrogens is 248 g/mol. The Hall–Kier alpha value is -2.42. The number of para-hydroxylation sites is 1. The molecule has 0 aliphatic heterocycles. The van der Waals surface area contributed by atoms with Gasteiger partial charge in [0, 0.05) is 11.1 Å². The quantitative estimate of drug-likeness (QED) is 0.843. The summed E-state index contributed by atoms with van der Waals surface area (Å²) in [7, 11) is 0. The monoisotopic (exact) mass is 264 g/mol. The Morgan fingerprint density at radius 3 is 2.75 bits per heavy atom. The molecule has 2 aromatic rings. The van der Waals surface area contributed by atoms with Crippen molar-refractivity contribution in [2.75, 3.05) is 0 Å². The molecule has 1 aromatic heterocycles. The van der Waals surface area contributed by atoms with E-state index in [0.29, 0.717) is 11.4 Å². The zero-order valence-corrected chi connectivity index (χ0v) is 11.6. The summed E-state index contributed by atoms with van der Waals surface area (Å²) in [6.45, 7) is 3.95. The van der Waals surface area contributed by atoms with Gasteiger partial charge in [-0.25, -0.2) is 9.97 Å². The lowest BCUT2D eigenvalue weighted by atomic mass is 10.0. The number of aryl methyl sites for hydroxylation is 1. The van der Waals surface area contributed by atoms with Crippen LogP contribution < -0.4 is 0 Å². The molecule has 1 N–H and O–H groups in total. The summed E-state index contributed by atoms with van der Waals surface area (Å²) in [5.74, 6) is 0.810. The third-order valence-corrected chi connectivity index (χ3v) is 3.50. The minimum Gasteiger partial charge on any atom is -0.507 e. The fraction of sp³-hybridized carbons (Fsp3) is 0.176. The Kier molecular flexibility index (Phi) is 3.11. The first-order valence-corrected chi connectivity index (χ1v) is 6.67. The lowest BCUT2D eigenvalue weighted by Gasteiger charge is -2.10. The van der Waals surface area contributed by atoms with Gasteiger partial charge >= 0.3 is 0 Å². The van der Waals surface area contributed by atoms with E-state index in [4.69, 9.17) is 0 Å². The fourth-order valence-corrected chi connectivity index (χ4v) is 2.45. The molecule has 0 radical (unpaired) electrons. The van der Waals surface area contributed by atoms with E-state index in [9.17, 15) is 5.11 Å². The van der Waals surface area contributed by atoms with E-state index in [1.54, 1.807) is 6.08 Å². The molecule has 20 heavy (non-hydrogen) atoms. The highest BCUT2D eigenvalue weighted by Crippen LogP contribution is 2.28. The highest BCUT2D eigenvalue weighted by molar-refractivity contribution is 5.85. The minimum atomic E-state index is 0.228. The van der Waals surface area contributed by atoms with Crippen LogP contribution in [0, 0.1) is 6.92 Å². The summed E-state index contributed by atoms with van der Waals surface area (Å²) < 4.78 is 0. The van der Waals surface area contributed by atoms with Gasteiger partial charge < -0.3 is 5.11 Å². The van der Waals surface area contributed by atoms with E-state index in [2.05, 4.69) is 16.0 Å². The lowest BCUT2D eigenvalue weighted by molar-refractivity contribution is 0.435. The van der Waals surface area contributed by atoms with Gasteiger partial charge in [0.25, 0.3) is 0 Å². The van der Waals surface area contributed by atoms with Crippen molar-refractivity contribution in [3.8, 4) is 0 Å². The van der Waals surface area contributed by atoms with E-state index < -0.39 is 0 Å². The molecule has 0 saturated heterocycles. The molecule has 0 saturated carbocycles. The predicted octanol–water partition coefficient (Wildman–Crippen LogP) is 4.11. The van der Waals surface area contributed by atoms with Crippen LogP contribution in [-0.4, -0.2) is 15.1 Å². The Labute approximate surface area is 118 Å². The van der Waals surface area contributed by atoms with Crippen LogP contribution >= 0.6 is 0 Å². The number of benzene rings is 1. The van der Waals surface area contributed by atoms with Crippen molar-refractivity contribution in [1.82, 2.24) is 9.97 Å². The minimum absolute atomic E-state index is 0.228.